The van der Waals surface area contributed by atoms with Gasteiger partial charge in [0.1, 0.15) is 5.52 Å². The van der Waals surface area contributed by atoms with Crippen LogP contribution in [0.15, 0.2) is 77.7 Å². The fourth-order valence-electron chi connectivity index (χ4n) is 4.02. The summed E-state index contributed by atoms with van der Waals surface area (Å²) in [6.45, 7) is 4.62. The van der Waals surface area contributed by atoms with Crippen molar-refractivity contribution in [2.24, 2.45) is 0 Å². The molecular formula is C27H26ClN5O2S. The summed E-state index contributed by atoms with van der Waals surface area (Å²) in [5.74, 6) is -0.0231. The quantitative estimate of drug-likeness (QED) is 0.231. The van der Waals surface area contributed by atoms with Crippen LogP contribution in [0.4, 0.5) is 6.01 Å². The zero-order chi connectivity index (χ0) is 24.9. The Morgan fingerprint density at radius 1 is 1.19 bits per heavy atom. The predicted molar refractivity (Wildman–Crippen MR) is 143 cm³/mol. The van der Waals surface area contributed by atoms with Crippen molar-refractivity contribution < 1.29 is 9.21 Å². The van der Waals surface area contributed by atoms with Gasteiger partial charge in [0.05, 0.1) is 12.9 Å². The molecule has 7 nitrogen and oxygen atoms in total. The Morgan fingerprint density at radius 2 is 2.11 bits per heavy atom. The van der Waals surface area contributed by atoms with Gasteiger partial charge < -0.3 is 19.2 Å². The highest BCUT2D eigenvalue weighted by Crippen LogP contribution is 2.23. The number of imidazole rings is 1. The number of amides is 1. The summed E-state index contributed by atoms with van der Waals surface area (Å²) in [7, 11) is 0. The SMILES string of the molecule is Cc1ccc(CN(CCCn2ccnc2)C(=O)c2ccc3oc(NCc4cccc(Cl)c4)nc3c2)s1. The number of rotatable bonds is 10. The predicted octanol–water partition coefficient (Wildman–Crippen LogP) is 6.39. The molecule has 2 aromatic carbocycles. The van der Waals surface area contributed by atoms with Crippen LogP contribution in [0.5, 0.6) is 0 Å². The molecular weight excluding hydrogens is 494 g/mol. The number of fused-ring (bicyclic) bond motifs is 1. The van der Waals surface area contributed by atoms with Gasteiger partial charge in [-0.25, -0.2) is 4.98 Å². The highest BCUT2D eigenvalue weighted by atomic mass is 35.5. The molecule has 5 aromatic rings. The summed E-state index contributed by atoms with van der Waals surface area (Å²) in [5.41, 5.74) is 2.88. The molecule has 0 bridgehead atoms. The van der Waals surface area contributed by atoms with E-state index in [9.17, 15) is 4.79 Å². The van der Waals surface area contributed by atoms with Gasteiger partial charge in [0.25, 0.3) is 11.9 Å². The van der Waals surface area contributed by atoms with Crippen LogP contribution in [0.3, 0.4) is 0 Å². The highest BCUT2D eigenvalue weighted by molar-refractivity contribution is 7.11. The molecule has 0 unspecified atom stereocenters. The van der Waals surface area contributed by atoms with Gasteiger partial charge in [-0.3, -0.25) is 4.79 Å². The number of hydrogen-bond donors (Lipinski definition) is 1. The topological polar surface area (TPSA) is 76.2 Å². The molecule has 0 aliphatic rings. The number of anilines is 1. The van der Waals surface area contributed by atoms with Crippen molar-refractivity contribution in [3.8, 4) is 0 Å². The van der Waals surface area contributed by atoms with Gasteiger partial charge in [0, 0.05) is 52.4 Å². The summed E-state index contributed by atoms with van der Waals surface area (Å²) in [6, 6.07) is 17.6. The highest BCUT2D eigenvalue weighted by Gasteiger charge is 2.18. The minimum Gasteiger partial charge on any atom is -0.424 e. The molecule has 0 radical (unpaired) electrons. The minimum atomic E-state index is -0.0231. The minimum absolute atomic E-state index is 0.0231. The molecule has 1 amide bonds. The lowest BCUT2D eigenvalue weighted by Crippen LogP contribution is -2.31. The molecule has 0 aliphatic heterocycles. The standard InChI is InChI=1S/C27H26ClN5O2S/c1-19-6-8-23(36-19)17-33(12-3-11-32-13-10-29-18-32)26(34)21-7-9-25-24(15-21)31-27(35-25)30-16-20-4-2-5-22(28)14-20/h2,4-10,13-15,18H,3,11-12,16-17H2,1H3,(H,30,31). The number of oxazole rings is 1. The Morgan fingerprint density at radius 3 is 2.89 bits per heavy atom. The first-order valence-corrected chi connectivity index (χ1v) is 12.9. The van der Waals surface area contributed by atoms with E-state index in [0.29, 0.717) is 47.3 Å². The van der Waals surface area contributed by atoms with E-state index in [2.05, 4.69) is 34.3 Å². The largest absolute Gasteiger partial charge is 0.424 e. The first kappa shape index (κ1) is 24.1. The number of aryl methyl sites for hydroxylation is 2. The second-order valence-electron chi connectivity index (χ2n) is 8.58. The number of nitrogens with zero attached hydrogens (tertiary/aromatic N) is 4. The zero-order valence-electron chi connectivity index (χ0n) is 19.9. The molecule has 184 valence electrons. The maximum absolute atomic E-state index is 13.6. The van der Waals surface area contributed by atoms with Crippen LogP contribution in [0, 0.1) is 6.92 Å². The maximum atomic E-state index is 13.6. The van der Waals surface area contributed by atoms with Crippen molar-refractivity contribution in [3.63, 3.8) is 0 Å². The lowest BCUT2D eigenvalue weighted by atomic mass is 10.1. The van der Waals surface area contributed by atoms with E-state index in [1.165, 1.54) is 9.75 Å². The molecule has 0 saturated heterocycles. The number of nitrogens with one attached hydrogen (secondary N) is 1. The van der Waals surface area contributed by atoms with Crippen LogP contribution in [0.25, 0.3) is 11.1 Å². The van der Waals surface area contributed by atoms with Gasteiger partial charge in [-0.05, 0) is 61.4 Å². The number of carbonyl (C=O) groups is 1. The summed E-state index contributed by atoms with van der Waals surface area (Å²) < 4.78 is 7.86. The average molecular weight is 520 g/mol. The van der Waals surface area contributed by atoms with Crippen LogP contribution < -0.4 is 5.32 Å². The smallest absolute Gasteiger partial charge is 0.295 e. The molecule has 3 aromatic heterocycles. The summed E-state index contributed by atoms with van der Waals surface area (Å²) in [5, 5.41) is 3.87. The number of aromatic nitrogens is 3. The maximum Gasteiger partial charge on any atom is 0.295 e. The first-order chi connectivity index (χ1) is 17.5. The molecule has 5 rings (SSSR count). The van der Waals surface area contributed by atoms with Gasteiger partial charge in [-0.2, -0.15) is 4.98 Å². The van der Waals surface area contributed by atoms with E-state index in [-0.39, 0.29) is 5.91 Å². The van der Waals surface area contributed by atoms with E-state index in [0.717, 1.165) is 18.5 Å². The lowest BCUT2D eigenvalue weighted by molar-refractivity contribution is 0.0741. The number of benzene rings is 2. The van der Waals surface area contributed by atoms with Gasteiger partial charge >= 0.3 is 0 Å². The van der Waals surface area contributed by atoms with Crippen molar-refractivity contribution in [2.45, 2.75) is 33.0 Å². The van der Waals surface area contributed by atoms with E-state index in [1.807, 2.05) is 39.9 Å². The Labute approximate surface area is 218 Å². The van der Waals surface area contributed by atoms with Crippen LogP contribution in [-0.2, 0) is 19.6 Å². The Hall–Kier alpha value is -3.62. The molecule has 0 atom stereocenters. The van der Waals surface area contributed by atoms with Crippen LogP contribution in [-0.4, -0.2) is 31.9 Å². The normalized spacial score (nSPS) is 11.2. The summed E-state index contributed by atoms with van der Waals surface area (Å²) >= 11 is 7.78. The van der Waals surface area contributed by atoms with Gasteiger partial charge in [-0.15, -0.1) is 11.3 Å². The molecule has 0 fully saturated rings. The fourth-order valence-corrected chi connectivity index (χ4v) is 5.14. The molecule has 9 heteroatoms. The van der Waals surface area contributed by atoms with Crippen LogP contribution >= 0.6 is 22.9 Å². The Balaban J connectivity index is 1.30. The lowest BCUT2D eigenvalue weighted by Gasteiger charge is -2.22. The van der Waals surface area contributed by atoms with E-state index in [1.54, 1.807) is 42.1 Å². The van der Waals surface area contributed by atoms with Crippen molar-refractivity contribution in [3.05, 3.63) is 99.2 Å². The number of carbonyl (C=O) groups excluding carboxylic acids is 1. The third-order valence-corrected chi connectivity index (χ3v) is 7.02. The number of thiophene rings is 1. The van der Waals surface area contributed by atoms with Crippen molar-refractivity contribution in [1.82, 2.24) is 19.4 Å². The van der Waals surface area contributed by atoms with E-state index < -0.39 is 0 Å². The molecule has 0 aliphatic carbocycles. The molecule has 0 spiro atoms. The van der Waals surface area contributed by atoms with E-state index >= 15 is 0 Å². The first-order valence-electron chi connectivity index (χ1n) is 11.7. The van der Waals surface area contributed by atoms with Crippen LogP contribution in [0.2, 0.25) is 5.02 Å². The van der Waals surface area contributed by atoms with Crippen molar-refractivity contribution in [1.29, 1.82) is 0 Å². The molecule has 3 heterocycles. The third-order valence-electron chi connectivity index (χ3n) is 5.80. The second-order valence-corrected chi connectivity index (χ2v) is 10.4. The number of hydrogen-bond acceptors (Lipinski definition) is 6. The summed E-state index contributed by atoms with van der Waals surface area (Å²) in [4.78, 5) is 26.5. The third kappa shape index (κ3) is 5.95. The Kier molecular flexibility index (Phi) is 7.34. The number of halogens is 1. The Bertz CT molecular complexity index is 1460. The molecule has 0 saturated carbocycles. The zero-order valence-corrected chi connectivity index (χ0v) is 21.4. The molecule has 36 heavy (non-hydrogen) atoms. The van der Waals surface area contributed by atoms with Crippen LogP contribution in [0.1, 0.15) is 32.1 Å². The second kappa shape index (κ2) is 11.0. The van der Waals surface area contributed by atoms with Gasteiger partial charge in [-0.1, -0.05) is 23.7 Å². The summed E-state index contributed by atoms with van der Waals surface area (Å²) in [6.07, 6.45) is 6.33. The van der Waals surface area contributed by atoms with E-state index in [4.69, 9.17) is 16.0 Å². The molecule has 1 N–H and O–H groups in total. The fraction of sp³-hybridized carbons (Fsp3) is 0.222. The van der Waals surface area contributed by atoms with Crippen molar-refractivity contribution in [2.75, 3.05) is 11.9 Å². The van der Waals surface area contributed by atoms with Crippen molar-refractivity contribution >= 4 is 46.0 Å². The monoisotopic (exact) mass is 519 g/mol. The van der Waals surface area contributed by atoms with Gasteiger partial charge in [0.15, 0.2) is 5.58 Å². The average Bonchev–Trinajstić information content (AvgIpc) is 3.62. The van der Waals surface area contributed by atoms with Gasteiger partial charge in [0.2, 0.25) is 0 Å².